The van der Waals surface area contributed by atoms with Crippen molar-refractivity contribution in [1.82, 2.24) is 14.9 Å². The number of hydrogen-bond acceptors (Lipinski definition) is 5. The quantitative estimate of drug-likeness (QED) is 0.563. The number of carbonyl (C=O) groups excluding carboxylic acids is 1. The number of rotatable bonds is 8. The molecule has 1 amide bonds. The average Bonchev–Trinajstić information content (AvgIpc) is 3.27. The fourth-order valence-electron chi connectivity index (χ4n) is 4.39. The number of hydrogen-bond donors (Lipinski definition) is 1. The van der Waals surface area contributed by atoms with Gasteiger partial charge < -0.3 is 19.4 Å². The molecule has 0 spiro atoms. The van der Waals surface area contributed by atoms with Crippen LogP contribution in [0.4, 0.5) is 0 Å². The molecular formula is C26H28N4O3. The van der Waals surface area contributed by atoms with Crippen LogP contribution in [0.1, 0.15) is 42.4 Å². The number of ether oxygens (including phenoxy) is 2. The van der Waals surface area contributed by atoms with Crippen molar-refractivity contribution in [1.29, 1.82) is 5.26 Å². The molecule has 7 heteroatoms. The van der Waals surface area contributed by atoms with Crippen LogP contribution in [0.3, 0.4) is 0 Å². The predicted octanol–water partition coefficient (Wildman–Crippen LogP) is 4.17. The number of methoxy groups -OCH3 is 1. The number of imidazole rings is 1. The molecule has 33 heavy (non-hydrogen) atoms. The third-order valence-electron chi connectivity index (χ3n) is 6.19. The van der Waals surface area contributed by atoms with Crippen LogP contribution in [0, 0.1) is 11.3 Å². The Hall–Kier alpha value is -3.63. The second-order valence-electron chi connectivity index (χ2n) is 8.35. The minimum Gasteiger partial charge on any atom is -0.456 e. The normalized spacial score (nSPS) is 18.2. The van der Waals surface area contributed by atoms with Crippen molar-refractivity contribution in [2.45, 2.75) is 37.6 Å². The number of benzene rings is 2. The first kappa shape index (κ1) is 22.6. The number of amides is 1. The van der Waals surface area contributed by atoms with Crippen molar-refractivity contribution in [2.75, 3.05) is 20.3 Å². The lowest BCUT2D eigenvalue weighted by molar-refractivity contribution is -0.127. The first-order valence-electron chi connectivity index (χ1n) is 11.2. The summed E-state index contributed by atoms with van der Waals surface area (Å²) in [6.07, 6.45) is 8.65. The van der Waals surface area contributed by atoms with E-state index < -0.39 is 5.41 Å². The summed E-state index contributed by atoms with van der Waals surface area (Å²) in [6.45, 7) is 1.81. The predicted molar refractivity (Wildman–Crippen MR) is 124 cm³/mol. The maximum atomic E-state index is 13.2. The summed E-state index contributed by atoms with van der Waals surface area (Å²) in [4.78, 5) is 17.2. The lowest BCUT2D eigenvalue weighted by Gasteiger charge is -2.31. The summed E-state index contributed by atoms with van der Waals surface area (Å²) in [6, 6.07) is 15.4. The van der Waals surface area contributed by atoms with Crippen LogP contribution in [0.5, 0.6) is 11.5 Å². The SMILES string of the molecule is COCCC1(c2cccc(Oc3cc(Cn4ccnc4)ccc3C#N)c2)CCCCNC1=O. The third-order valence-corrected chi connectivity index (χ3v) is 6.19. The van der Waals surface area contributed by atoms with Crippen LogP contribution in [0.2, 0.25) is 0 Å². The van der Waals surface area contributed by atoms with Crippen LogP contribution in [0.25, 0.3) is 0 Å². The van der Waals surface area contributed by atoms with E-state index in [0.717, 1.165) is 30.4 Å². The molecule has 1 N–H and O–H groups in total. The van der Waals surface area contributed by atoms with Gasteiger partial charge >= 0.3 is 0 Å². The van der Waals surface area contributed by atoms with Gasteiger partial charge in [-0.2, -0.15) is 5.26 Å². The Labute approximate surface area is 194 Å². The van der Waals surface area contributed by atoms with Gasteiger partial charge in [0.2, 0.25) is 5.91 Å². The minimum absolute atomic E-state index is 0.0363. The summed E-state index contributed by atoms with van der Waals surface area (Å²) in [7, 11) is 1.65. The number of nitriles is 1. The maximum Gasteiger partial charge on any atom is 0.230 e. The van der Waals surface area contributed by atoms with Crippen LogP contribution in [-0.2, 0) is 21.5 Å². The summed E-state index contributed by atoms with van der Waals surface area (Å²) in [5, 5.41) is 12.7. The van der Waals surface area contributed by atoms with Crippen molar-refractivity contribution >= 4 is 5.91 Å². The van der Waals surface area contributed by atoms with Crippen LogP contribution >= 0.6 is 0 Å². The fraction of sp³-hybridized carbons (Fsp3) is 0.346. The van der Waals surface area contributed by atoms with Crippen molar-refractivity contribution in [3.8, 4) is 17.6 Å². The lowest BCUT2D eigenvalue weighted by atomic mass is 9.73. The Morgan fingerprint density at radius 2 is 2.15 bits per heavy atom. The fourth-order valence-corrected chi connectivity index (χ4v) is 4.39. The molecule has 1 fully saturated rings. The number of carbonyl (C=O) groups is 1. The standard InChI is InChI=1S/C26H28N4O3/c1-32-14-10-26(9-2-3-11-29-25(26)31)22-5-4-6-23(16-22)33-24-15-20(7-8-21(24)17-27)18-30-13-12-28-19-30/h4-8,12-13,15-16,19H,2-3,9-11,14,18H2,1H3,(H,29,31). The van der Waals surface area contributed by atoms with E-state index in [4.69, 9.17) is 9.47 Å². The first-order valence-corrected chi connectivity index (χ1v) is 11.2. The Bertz CT molecular complexity index is 1140. The Morgan fingerprint density at radius 1 is 1.24 bits per heavy atom. The van der Waals surface area contributed by atoms with E-state index in [1.807, 2.05) is 47.2 Å². The molecule has 1 unspecified atom stereocenters. The third kappa shape index (κ3) is 5.07. The van der Waals surface area contributed by atoms with Gasteiger partial charge in [-0.1, -0.05) is 24.6 Å². The molecule has 1 aliphatic heterocycles. The largest absolute Gasteiger partial charge is 0.456 e. The van der Waals surface area contributed by atoms with Crippen molar-refractivity contribution in [3.05, 3.63) is 77.9 Å². The molecule has 170 valence electrons. The molecule has 7 nitrogen and oxygen atoms in total. The summed E-state index contributed by atoms with van der Waals surface area (Å²) in [5.74, 6) is 1.12. The van der Waals surface area contributed by atoms with E-state index in [2.05, 4.69) is 16.4 Å². The number of aromatic nitrogens is 2. The zero-order chi connectivity index (χ0) is 23.1. The Balaban J connectivity index is 1.65. The molecule has 0 saturated carbocycles. The molecule has 0 aliphatic carbocycles. The van der Waals surface area contributed by atoms with Gasteiger partial charge in [0.05, 0.1) is 17.3 Å². The van der Waals surface area contributed by atoms with Crippen molar-refractivity contribution in [2.24, 2.45) is 0 Å². The molecule has 0 bridgehead atoms. The van der Waals surface area contributed by atoms with Crippen LogP contribution in [-0.4, -0.2) is 35.7 Å². The average molecular weight is 445 g/mol. The van der Waals surface area contributed by atoms with Gasteiger partial charge in [-0.3, -0.25) is 4.79 Å². The van der Waals surface area contributed by atoms with Crippen LogP contribution < -0.4 is 10.1 Å². The minimum atomic E-state index is -0.660. The van der Waals surface area contributed by atoms with Crippen LogP contribution in [0.15, 0.2) is 61.2 Å². The maximum absolute atomic E-state index is 13.2. The highest BCUT2D eigenvalue weighted by atomic mass is 16.5. The first-order chi connectivity index (χ1) is 16.1. The molecule has 2 heterocycles. The molecule has 2 aromatic carbocycles. The second kappa shape index (κ2) is 10.3. The van der Waals surface area contributed by atoms with E-state index in [9.17, 15) is 10.1 Å². The summed E-state index contributed by atoms with van der Waals surface area (Å²) in [5.41, 5.74) is 1.70. The molecule has 4 rings (SSSR count). The smallest absolute Gasteiger partial charge is 0.230 e. The Kier molecular flexibility index (Phi) is 7.06. The van der Waals surface area contributed by atoms with Gasteiger partial charge in [0.25, 0.3) is 0 Å². The highest BCUT2D eigenvalue weighted by Gasteiger charge is 2.40. The summed E-state index contributed by atoms with van der Waals surface area (Å²) >= 11 is 0. The van der Waals surface area contributed by atoms with Crippen molar-refractivity contribution in [3.63, 3.8) is 0 Å². The summed E-state index contributed by atoms with van der Waals surface area (Å²) < 4.78 is 13.5. The number of nitrogens with one attached hydrogen (secondary N) is 1. The van der Waals surface area contributed by atoms with Crippen molar-refractivity contribution < 1.29 is 14.3 Å². The topological polar surface area (TPSA) is 89.2 Å². The van der Waals surface area contributed by atoms with Gasteiger partial charge in [-0.15, -0.1) is 0 Å². The Morgan fingerprint density at radius 3 is 2.94 bits per heavy atom. The highest BCUT2D eigenvalue weighted by Crippen LogP contribution is 2.38. The van der Waals surface area contributed by atoms with E-state index >= 15 is 0 Å². The number of nitrogens with zero attached hydrogens (tertiary/aromatic N) is 3. The molecule has 1 aromatic heterocycles. The van der Waals surface area contributed by atoms with Gasteiger partial charge in [0, 0.05) is 39.2 Å². The van der Waals surface area contributed by atoms with E-state index in [-0.39, 0.29) is 5.91 Å². The molecule has 0 radical (unpaired) electrons. The van der Waals surface area contributed by atoms with Gasteiger partial charge in [0.15, 0.2) is 0 Å². The lowest BCUT2D eigenvalue weighted by Crippen LogP contribution is -2.43. The molecule has 1 atom stereocenters. The van der Waals surface area contributed by atoms with E-state index in [1.54, 1.807) is 25.7 Å². The molecule has 1 saturated heterocycles. The van der Waals surface area contributed by atoms with Gasteiger partial charge in [0.1, 0.15) is 17.6 Å². The molecule has 1 aliphatic rings. The second-order valence-corrected chi connectivity index (χ2v) is 8.35. The van der Waals surface area contributed by atoms with E-state index in [1.165, 1.54) is 0 Å². The van der Waals surface area contributed by atoms with E-state index in [0.29, 0.717) is 43.2 Å². The molecule has 3 aromatic rings. The van der Waals surface area contributed by atoms with Gasteiger partial charge in [-0.05, 0) is 54.7 Å². The van der Waals surface area contributed by atoms with Gasteiger partial charge in [-0.25, -0.2) is 4.98 Å². The zero-order valence-corrected chi connectivity index (χ0v) is 18.8. The highest BCUT2D eigenvalue weighted by molar-refractivity contribution is 5.88. The zero-order valence-electron chi connectivity index (χ0n) is 18.8. The molecular weight excluding hydrogens is 416 g/mol. The monoisotopic (exact) mass is 444 g/mol.